The van der Waals surface area contributed by atoms with Crippen LogP contribution >= 0.6 is 23.7 Å². The number of hydrogen-bond acceptors (Lipinski definition) is 3. The molecule has 1 saturated heterocycles. The summed E-state index contributed by atoms with van der Waals surface area (Å²) in [6.45, 7) is 5.82. The molecule has 1 aromatic rings. The number of thiophene rings is 1. The van der Waals surface area contributed by atoms with Crippen molar-refractivity contribution in [3.63, 3.8) is 0 Å². The van der Waals surface area contributed by atoms with Crippen molar-refractivity contribution in [3.05, 3.63) is 21.9 Å². The lowest BCUT2D eigenvalue weighted by Crippen LogP contribution is -2.30. The summed E-state index contributed by atoms with van der Waals surface area (Å²) in [6, 6.07) is 4.97. The van der Waals surface area contributed by atoms with Gasteiger partial charge in [-0.05, 0) is 43.7 Å². The van der Waals surface area contributed by atoms with E-state index in [1.807, 2.05) is 11.3 Å². The molecule has 0 bridgehead atoms. The maximum atomic E-state index is 6.16. The highest BCUT2D eigenvalue weighted by Crippen LogP contribution is 2.37. The van der Waals surface area contributed by atoms with Crippen LogP contribution in [0.3, 0.4) is 0 Å². The molecule has 1 aromatic heterocycles. The maximum absolute atomic E-state index is 6.16. The Bertz CT molecular complexity index is 379. The van der Waals surface area contributed by atoms with Crippen molar-refractivity contribution < 1.29 is 0 Å². The predicted molar refractivity (Wildman–Crippen MR) is 75.8 cm³/mol. The van der Waals surface area contributed by atoms with Crippen LogP contribution in [-0.4, -0.2) is 24.0 Å². The summed E-state index contributed by atoms with van der Waals surface area (Å²) >= 11 is 1.93. The lowest BCUT2D eigenvalue weighted by atomic mass is 9.98. The van der Waals surface area contributed by atoms with Crippen LogP contribution < -0.4 is 5.73 Å². The van der Waals surface area contributed by atoms with Gasteiger partial charge in [0.15, 0.2) is 0 Å². The van der Waals surface area contributed by atoms with Gasteiger partial charge in [-0.2, -0.15) is 0 Å². The van der Waals surface area contributed by atoms with E-state index in [0.29, 0.717) is 6.04 Å². The van der Waals surface area contributed by atoms with Crippen molar-refractivity contribution in [1.29, 1.82) is 0 Å². The Labute approximate surface area is 114 Å². The highest BCUT2D eigenvalue weighted by Gasteiger charge is 2.40. The van der Waals surface area contributed by atoms with Crippen LogP contribution in [-0.2, 0) is 6.54 Å². The summed E-state index contributed by atoms with van der Waals surface area (Å²) in [7, 11) is 0. The standard InChI is InChI=1S/C13H20N2S.ClH/c1-9-2-4-11(16-9)7-15-6-10-3-5-13(14)12(10)8-15;/h2,4,10,12-13H,3,5-8,14H2,1H3;1H. The van der Waals surface area contributed by atoms with E-state index < -0.39 is 0 Å². The normalized spacial score (nSPS) is 32.5. The first-order valence-electron chi connectivity index (χ1n) is 6.25. The molecule has 2 nitrogen and oxygen atoms in total. The third-order valence-corrected chi connectivity index (χ3v) is 5.15. The zero-order valence-electron chi connectivity index (χ0n) is 10.3. The van der Waals surface area contributed by atoms with E-state index in [2.05, 4.69) is 24.0 Å². The molecule has 0 radical (unpaired) electrons. The van der Waals surface area contributed by atoms with Crippen molar-refractivity contribution in [2.24, 2.45) is 17.6 Å². The Balaban J connectivity index is 0.00000108. The van der Waals surface area contributed by atoms with Crippen molar-refractivity contribution in [2.75, 3.05) is 13.1 Å². The quantitative estimate of drug-likeness (QED) is 0.897. The van der Waals surface area contributed by atoms with Gasteiger partial charge in [-0.1, -0.05) is 0 Å². The van der Waals surface area contributed by atoms with Crippen molar-refractivity contribution >= 4 is 23.7 Å². The molecular formula is C13H21ClN2S. The lowest BCUT2D eigenvalue weighted by Gasteiger charge is -2.17. The minimum absolute atomic E-state index is 0. The van der Waals surface area contributed by atoms with E-state index >= 15 is 0 Å². The predicted octanol–water partition coefficient (Wildman–Crippen LogP) is 2.65. The first-order chi connectivity index (χ1) is 7.72. The summed E-state index contributed by atoms with van der Waals surface area (Å²) in [5, 5.41) is 0. The molecule has 4 heteroatoms. The van der Waals surface area contributed by atoms with E-state index in [1.54, 1.807) is 0 Å². The number of nitrogens with zero attached hydrogens (tertiary/aromatic N) is 1. The molecule has 2 N–H and O–H groups in total. The molecule has 3 unspecified atom stereocenters. The summed E-state index contributed by atoms with van der Waals surface area (Å²) in [4.78, 5) is 5.52. The average molecular weight is 273 g/mol. The Morgan fingerprint density at radius 3 is 2.82 bits per heavy atom. The Kier molecular flexibility index (Phi) is 4.14. The minimum Gasteiger partial charge on any atom is -0.327 e. The second kappa shape index (κ2) is 5.27. The third kappa shape index (κ3) is 2.68. The minimum atomic E-state index is 0. The van der Waals surface area contributed by atoms with E-state index in [1.165, 1.54) is 35.7 Å². The van der Waals surface area contributed by atoms with Gasteiger partial charge < -0.3 is 5.73 Å². The number of fused-ring (bicyclic) bond motifs is 1. The summed E-state index contributed by atoms with van der Waals surface area (Å²) < 4.78 is 0. The molecule has 17 heavy (non-hydrogen) atoms. The molecule has 0 aromatic carbocycles. The van der Waals surface area contributed by atoms with E-state index in [9.17, 15) is 0 Å². The van der Waals surface area contributed by atoms with Crippen LogP contribution in [0.1, 0.15) is 22.6 Å². The zero-order chi connectivity index (χ0) is 11.1. The zero-order valence-corrected chi connectivity index (χ0v) is 11.9. The molecule has 2 fully saturated rings. The lowest BCUT2D eigenvalue weighted by molar-refractivity contribution is 0.301. The van der Waals surface area contributed by atoms with Gasteiger partial charge in [-0.3, -0.25) is 4.90 Å². The molecule has 1 saturated carbocycles. The highest BCUT2D eigenvalue weighted by atomic mass is 35.5. The fraction of sp³-hybridized carbons (Fsp3) is 0.692. The Morgan fingerprint density at radius 1 is 1.35 bits per heavy atom. The number of halogens is 1. The topological polar surface area (TPSA) is 29.3 Å². The number of likely N-dealkylation sites (tertiary alicyclic amines) is 1. The SMILES string of the molecule is Cc1ccc(CN2CC3CCC(N)C3C2)s1.Cl. The van der Waals surface area contributed by atoms with Gasteiger partial charge in [0.2, 0.25) is 0 Å². The first kappa shape index (κ1) is 13.3. The van der Waals surface area contributed by atoms with Crippen molar-refractivity contribution in [1.82, 2.24) is 4.90 Å². The monoisotopic (exact) mass is 272 g/mol. The number of hydrogen-bond donors (Lipinski definition) is 1. The van der Waals surface area contributed by atoms with Gasteiger partial charge in [0.25, 0.3) is 0 Å². The second-order valence-electron chi connectivity index (χ2n) is 5.37. The smallest absolute Gasteiger partial charge is 0.0328 e. The van der Waals surface area contributed by atoms with Crippen LogP contribution in [0.25, 0.3) is 0 Å². The molecule has 0 amide bonds. The van der Waals surface area contributed by atoms with E-state index in [4.69, 9.17) is 5.73 Å². The largest absolute Gasteiger partial charge is 0.327 e. The second-order valence-corrected chi connectivity index (χ2v) is 6.74. The van der Waals surface area contributed by atoms with Gasteiger partial charge in [0, 0.05) is 35.4 Å². The summed E-state index contributed by atoms with van der Waals surface area (Å²) in [6.07, 6.45) is 2.60. The van der Waals surface area contributed by atoms with E-state index in [0.717, 1.165) is 18.4 Å². The number of nitrogens with two attached hydrogens (primary N) is 1. The summed E-state index contributed by atoms with van der Waals surface area (Å²) in [5.41, 5.74) is 6.16. The molecule has 1 aliphatic carbocycles. The fourth-order valence-corrected chi connectivity index (χ4v) is 4.25. The van der Waals surface area contributed by atoms with Crippen LogP contribution in [0.4, 0.5) is 0 Å². The van der Waals surface area contributed by atoms with Crippen LogP contribution in [0, 0.1) is 18.8 Å². The number of aryl methyl sites for hydroxylation is 1. The molecule has 3 atom stereocenters. The van der Waals surface area contributed by atoms with Crippen LogP contribution in [0.5, 0.6) is 0 Å². The maximum Gasteiger partial charge on any atom is 0.0328 e. The van der Waals surface area contributed by atoms with Crippen LogP contribution in [0.2, 0.25) is 0 Å². The van der Waals surface area contributed by atoms with Gasteiger partial charge >= 0.3 is 0 Å². The molecule has 2 aliphatic rings. The third-order valence-electron chi connectivity index (χ3n) is 4.16. The van der Waals surface area contributed by atoms with Gasteiger partial charge in [-0.25, -0.2) is 0 Å². The number of rotatable bonds is 2. The highest BCUT2D eigenvalue weighted by molar-refractivity contribution is 7.11. The molecule has 0 spiro atoms. The average Bonchev–Trinajstić information content (AvgIpc) is 2.88. The van der Waals surface area contributed by atoms with Gasteiger partial charge in [0.05, 0.1) is 0 Å². The Morgan fingerprint density at radius 2 is 2.18 bits per heavy atom. The first-order valence-corrected chi connectivity index (χ1v) is 7.07. The molecule has 2 heterocycles. The van der Waals surface area contributed by atoms with Crippen molar-refractivity contribution in [3.8, 4) is 0 Å². The molecule has 96 valence electrons. The molecule has 1 aliphatic heterocycles. The molecular weight excluding hydrogens is 252 g/mol. The Hall–Kier alpha value is -0.0900. The molecule has 3 rings (SSSR count). The van der Waals surface area contributed by atoms with Crippen LogP contribution in [0.15, 0.2) is 12.1 Å². The van der Waals surface area contributed by atoms with Crippen molar-refractivity contribution in [2.45, 2.75) is 32.4 Å². The van der Waals surface area contributed by atoms with E-state index in [-0.39, 0.29) is 12.4 Å². The van der Waals surface area contributed by atoms with Gasteiger partial charge in [-0.15, -0.1) is 23.7 Å². The summed E-state index contributed by atoms with van der Waals surface area (Å²) in [5.74, 6) is 1.66. The van der Waals surface area contributed by atoms with Gasteiger partial charge in [0.1, 0.15) is 0 Å². The fourth-order valence-electron chi connectivity index (χ4n) is 3.32.